The molecule has 7 nitrogen and oxygen atoms in total. The van der Waals surface area contributed by atoms with Gasteiger partial charge in [-0.3, -0.25) is 4.79 Å². The average Bonchev–Trinajstić information content (AvgIpc) is 3.31. The number of halogens is 1. The average molecular weight is 457 g/mol. The number of amides is 1. The number of rotatable bonds is 8. The molecular weight excluding hydrogens is 436 g/mol. The van der Waals surface area contributed by atoms with Gasteiger partial charge in [0, 0.05) is 22.7 Å². The number of fused-ring (bicyclic) bond motifs is 1. The number of thiophene rings is 1. The maximum absolute atomic E-state index is 11.7. The zero-order chi connectivity index (χ0) is 22.0. The molecule has 1 amide bonds. The van der Waals surface area contributed by atoms with Crippen LogP contribution in [-0.2, 0) is 11.2 Å². The fraction of sp³-hybridized carbons (Fsp3) is 0.227. The number of carbonyl (C=O) groups excluding carboxylic acids is 1. The summed E-state index contributed by atoms with van der Waals surface area (Å²) in [6.45, 7) is 4.33. The van der Waals surface area contributed by atoms with Crippen molar-refractivity contribution in [1.29, 1.82) is 0 Å². The number of aromatic nitrogens is 3. The molecule has 1 unspecified atom stereocenters. The van der Waals surface area contributed by atoms with Gasteiger partial charge in [0.25, 0.3) is 0 Å². The number of carbonyl (C=O) groups is 1. The third-order valence-electron chi connectivity index (χ3n) is 4.63. The van der Waals surface area contributed by atoms with Crippen LogP contribution in [0.25, 0.3) is 16.2 Å². The monoisotopic (exact) mass is 456 g/mol. The van der Waals surface area contributed by atoms with E-state index < -0.39 is 5.91 Å². The van der Waals surface area contributed by atoms with Crippen LogP contribution in [0.3, 0.4) is 0 Å². The highest BCUT2D eigenvalue weighted by Crippen LogP contribution is 2.39. The van der Waals surface area contributed by atoms with Gasteiger partial charge in [-0.05, 0) is 26.0 Å². The van der Waals surface area contributed by atoms with E-state index >= 15 is 0 Å². The van der Waals surface area contributed by atoms with Gasteiger partial charge in [-0.2, -0.15) is 0 Å². The van der Waals surface area contributed by atoms with Crippen LogP contribution in [0, 0.1) is 0 Å². The summed E-state index contributed by atoms with van der Waals surface area (Å²) in [7, 11) is 0. The van der Waals surface area contributed by atoms with Crippen molar-refractivity contribution in [2.45, 2.75) is 26.4 Å². The van der Waals surface area contributed by atoms with Crippen LogP contribution < -0.4 is 15.2 Å². The van der Waals surface area contributed by atoms with Crippen LogP contribution in [0.4, 0.5) is 0 Å². The topological polar surface area (TPSA) is 91.7 Å². The van der Waals surface area contributed by atoms with Crippen molar-refractivity contribution in [3.63, 3.8) is 0 Å². The van der Waals surface area contributed by atoms with Gasteiger partial charge in [0.2, 0.25) is 11.8 Å². The lowest BCUT2D eigenvalue weighted by Crippen LogP contribution is -2.13. The number of hydrogen-bond acceptors (Lipinski definition) is 6. The van der Waals surface area contributed by atoms with Crippen molar-refractivity contribution in [2.75, 3.05) is 6.61 Å². The Hall–Kier alpha value is -3.10. The molecule has 0 aliphatic carbocycles. The maximum atomic E-state index is 11.7. The second-order valence-electron chi connectivity index (χ2n) is 6.84. The summed E-state index contributed by atoms with van der Waals surface area (Å²) in [4.78, 5) is 17.7. The summed E-state index contributed by atoms with van der Waals surface area (Å²) in [6.07, 6.45) is 1.50. The minimum atomic E-state index is -0.432. The number of primary amides is 1. The molecule has 0 saturated carbocycles. The molecule has 31 heavy (non-hydrogen) atoms. The lowest BCUT2D eigenvalue weighted by atomic mass is 10.1. The molecule has 3 aromatic heterocycles. The summed E-state index contributed by atoms with van der Waals surface area (Å²) >= 11 is 7.74. The first-order valence-corrected chi connectivity index (χ1v) is 11.0. The van der Waals surface area contributed by atoms with E-state index in [0.717, 1.165) is 21.0 Å². The Morgan fingerprint density at radius 1 is 1.29 bits per heavy atom. The van der Waals surface area contributed by atoms with Crippen molar-refractivity contribution in [3.05, 3.63) is 64.1 Å². The van der Waals surface area contributed by atoms with E-state index in [-0.39, 0.29) is 12.5 Å². The number of nitrogens with two attached hydrogens (primary N) is 1. The maximum Gasteiger partial charge on any atom is 0.231 e. The molecule has 4 rings (SSSR count). The summed E-state index contributed by atoms with van der Waals surface area (Å²) < 4.78 is 13.4. The van der Waals surface area contributed by atoms with Gasteiger partial charge in [-0.25, -0.2) is 9.50 Å². The van der Waals surface area contributed by atoms with E-state index in [0.29, 0.717) is 28.9 Å². The van der Waals surface area contributed by atoms with E-state index in [1.54, 1.807) is 16.8 Å². The second kappa shape index (κ2) is 8.95. The predicted molar refractivity (Wildman–Crippen MR) is 121 cm³/mol. The first-order chi connectivity index (χ1) is 15.0. The van der Waals surface area contributed by atoms with E-state index in [4.69, 9.17) is 26.8 Å². The lowest BCUT2D eigenvalue weighted by molar-refractivity contribution is -0.117. The Morgan fingerprint density at radius 3 is 2.84 bits per heavy atom. The first kappa shape index (κ1) is 21.1. The zero-order valence-electron chi connectivity index (χ0n) is 17.0. The fourth-order valence-corrected chi connectivity index (χ4v) is 4.61. The molecule has 0 fully saturated rings. The van der Waals surface area contributed by atoms with Crippen molar-refractivity contribution in [2.24, 2.45) is 5.73 Å². The molecule has 0 saturated heterocycles. The molecule has 160 valence electrons. The van der Waals surface area contributed by atoms with Gasteiger partial charge in [0.05, 0.1) is 29.0 Å². The molecule has 9 heteroatoms. The van der Waals surface area contributed by atoms with E-state index in [9.17, 15) is 4.79 Å². The van der Waals surface area contributed by atoms with Crippen LogP contribution in [0.1, 0.15) is 30.4 Å². The Morgan fingerprint density at radius 2 is 2.10 bits per heavy atom. The van der Waals surface area contributed by atoms with Crippen LogP contribution >= 0.6 is 22.9 Å². The van der Waals surface area contributed by atoms with Crippen molar-refractivity contribution >= 4 is 34.5 Å². The third-order valence-corrected chi connectivity index (χ3v) is 6.12. The van der Waals surface area contributed by atoms with Crippen molar-refractivity contribution in [1.82, 2.24) is 14.6 Å². The SMILES string of the molecule is CCOc1ccc2ncc(-c3cc(OC(C)c4ccccc4Cl)c(CC(N)=O)s3)n2n1. The van der Waals surface area contributed by atoms with E-state index in [2.05, 4.69) is 10.1 Å². The molecule has 3 heterocycles. The molecule has 0 aliphatic heterocycles. The Kier molecular flexibility index (Phi) is 6.11. The minimum absolute atomic E-state index is 0.0730. The standard InChI is InChI=1S/C22H21ClN4O3S/c1-3-29-22-9-8-21-25-12-16(27(21)26-22)18-10-17(19(31-18)11-20(24)28)30-13(2)14-6-4-5-7-15(14)23/h4-10,12-13H,3,11H2,1-2H3,(H2,24,28). The van der Waals surface area contributed by atoms with Crippen molar-refractivity contribution < 1.29 is 14.3 Å². The highest BCUT2D eigenvalue weighted by Gasteiger charge is 2.20. The quantitative estimate of drug-likeness (QED) is 0.415. The fourth-order valence-electron chi connectivity index (χ4n) is 3.23. The van der Waals surface area contributed by atoms with Gasteiger partial charge in [0.1, 0.15) is 17.5 Å². The molecule has 1 aromatic carbocycles. The molecule has 0 spiro atoms. The zero-order valence-corrected chi connectivity index (χ0v) is 18.6. The van der Waals surface area contributed by atoms with Crippen LogP contribution in [-0.4, -0.2) is 27.1 Å². The van der Waals surface area contributed by atoms with Gasteiger partial charge in [0.15, 0.2) is 5.65 Å². The lowest BCUT2D eigenvalue weighted by Gasteiger charge is -2.16. The summed E-state index contributed by atoms with van der Waals surface area (Å²) in [6, 6.07) is 13.0. The minimum Gasteiger partial charge on any atom is -0.485 e. The van der Waals surface area contributed by atoms with Crippen LogP contribution in [0.2, 0.25) is 5.02 Å². The van der Waals surface area contributed by atoms with E-state index in [1.807, 2.05) is 50.2 Å². The summed E-state index contributed by atoms with van der Waals surface area (Å²) in [5.41, 5.74) is 7.80. The number of ether oxygens (including phenoxy) is 2. The molecule has 2 N–H and O–H groups in total. The number of benzene rings is 1. The van der Waals surface area contributed by atoms with Gasteiger partial charge >= 0.3 is 0 Å². The number of imidazole rings is 1. The van der Waals surface area contributed by atoms with Gasteiger partial charge < -0.3 is 15.2 Å². The van der Waals surface area contributed by atoms with Crippen LogP contribution in [0.15, 0.2) is 48.7 Å². The molecule has 0 radical (unpaired) electrons. The highest BCUT2D eigenvalue weighted by atomic mass is 35.5. The summed E-state index contributed by atoms with van der Waals surface area (Å²) in [5, 5.41) is 5.13. The van der Waals surface area contributed by atoms with E-state index in [1.165, 1.54) is 11.3 Å². The smallest absolute Gasteiger partial charge is 0.231 e. The Labute approximate surface area is 188 Å². The molecule has 0 aliphatic rings. The molecular formula is C22H21ClN4O3S. The highest BCUT2D eigenvalue weighted by molar-refractivity contribution is 7.15. The Bertz CT molecular complexity index is 1240. The number of hydrogen-bond donors (Lipinski definition) is 1. The second-order valence-corrected chi connectivity index (χ2v) is 8.38. The van der Waals surface area contributed by atoms with Gasteiger partial charge in [-0.15, -0.1) is 16.4 Å². The van der Waals surface area contributed by atoms with Gasteiger partial charge in [-0.1, -0.05) is 29.8 Å². The first-order valence-electron chi connectivity index (χ1n) is 9.76. The van der Waals surface area contributed by atoms with Crippen LogP contribution in [0.5, 0.6) is 11.6 Å². The third kappa shape index (κ3) is 4.50. The Balaban J connectivity index is 1.72. The molecule has 4 aromatic rings. The molecule has 1 atom stereocenters. The normalized spacial score (nSPS) is 12.1. The largest absolute Gasteiger partial charge is 0.485 e. The summed E-state index contributed by atoms with van der Waals surface area (Å²) in [5.74, 6) is 0.660. The number of nitrogens with zero attached hydrogens (tertiary/aromatic N) is 3. The predicted octanol–water partition coefficient (Wildman–Crippen LogP) is 4.68. The molecule has 0 bridgehead atoms. The van der Waals surface area contributed by atoms with Crippen molar-refractivity contribution in [3.8, 4) is 22.2 Å².